The summed E-state index contributed by atoms with van der Waals surface area (Å²) in [7, 11) is 0. The smallest absolute Gasteiger partial charge is 0.123 e. The summed E-state index contributed by atoms with van der Waals surface area (Å²) < 4.78 is 11.7. The Kier molecular flexibility index (Phi) is 13.9. The van der Waals surface area contributed by atoms with Gasteiger partial charge in [-0.1, -0.05) is 100 Å². The molecule has 0 aliphatic carbocycles. The van der Waals surface area contributed by atoms with Gasteiger partial charge in [-0.15, -0.1) is 0 Å². The minimum atomic E-state index is -0.199. The van der Waals surface area contributed by atoms with Gasteiger partial charge in [0.2, 0.25) is 0 Å². The van der Waals surface area contributed by atoms with Crippen LogP contribution in [-0.4, -0.2) is 36.6 Å². The highest BCUT2D eigenvalue weighted by atomic mass is 16.5. The Bertz CT molecular complexity index is 1010. The first-order valence-corrected chi connectivity index (χ1v) is 16.4. The number of aromatic hydroxyl groups is 2. The average Bonchev–Trinajstić information content (AvgIpc) is 2.86. The third-order valence-electron chi connectivity index (χ3n) is 7.97. The van der Waals surface area contributed by atoms with Crippen LogP contribution in [0.2, 0.25) is 0 Å². The van der Waals surface area contributed by atoms with Gasteiger partial charge in [-0.25, -0.2) is 0 Å². The van der Waals surface area contributed by atoms with Crippen LogP contribution in [0.5, 0.6) is 11.5 Å². The Balaban J connectivity index is 2.49. The summed E-state index contributed by atoms with van der Waals surface area (Å²) in [6.07, 6.45) is 5.68. The number of phenolic OH excluding ortho intramolecular Hbond substituents is 2. The van der Waals surface area contributed by atoms with Gasteiger partial charge < -0.3 is 19.7 Å². The fourth-order valence-electron chi connectivity index (χ4n) is 5.73. The van der Waals surface area contributed by atoms with E-state index in [1.165, 1.54) is 0 Å². The molecule has 2 N–H and O–H groups in total. The molecule has 0 radical (unpaired) electrons. The van der Waals surface area contributed by atoms with Crippen molar-refractivity contribution in [2.24, 2.45) is 11.8 Å². The van der Waals surface area contributed by atoms with E-state index in [2.05, 4.69) is 100 Å². The fraction of sp³-hybridized carbons (Fsp3) is 0.684. The van der Waals surface area contributed by atoms with E-state index in [0.717, 1.165) is 98.3 Å². The number of aryl methyl sites for hydroxylation is 2. The van der Waals surface area contributed by atoms with Gasteiger partial charge in [0, 0.05) is 43.5 Å². The number of benzene rings is 2. The molecule has 0 fully saturated rings. The summed E-state index contributed by atoms with van der Waals surface area (Å²) in [5.74, 6) is 1.67. The van der Waals surface area contributed by atoms with E-state index in [1.54, 1.807) is 0 Å². The summed E-state index contributed by atoms with van der Waals surface area (Å²) in [4.78, 5) is 0. The fourth-order valence-corrected chi connectivity index (χ4v) is 5.73. The van der Waals surface area contributed by atoms with Crippen LogP contribution in [-0.2, 0) is 33.1 Å². The van der Waals surface area contributed by atoms with Gasteiger partial charge in [0.1, 0.15) is 11.5 Å². The van der Waals surface area contributed by atoms with E-state index in [1.807, 2.05) is 0 Å². The Morgan fingerprint density at radius 2 is 0.929 bits per heavy atom. The second-order valence-corrected chi connectivity index (χ2v) is 15.1. The van der Waals surface area contributed by atoms with Crippen molar-refractivity contribution < 1.29 is 19.7 Å². The Hall–Kier alpha value is -2.04. The van der Waals surface area contributed by atoms with E-state index in [4.69, 9.17) is 9.47 Å². The van der Waals surface area contributed by atoms with Gasteiger partial charge >= 0.3 is 0 Å². The predicted octanol–water partition coefficient (Wildman–Crippen LogP) is 9.84. The number of phenols is 2. The first kappa shape index (κ1) is 36.2. The Morgan fingerprint density at radius 1 is 0.571 bits per heavy atom. The maximum Gasteiger partial charge on any atom is 0.123 e. The van der Waals surface area contributed by atoms with Crippen molar-refractivity contribution in [1.29, 1.82) is 0 Å². The maximum absolute atomic E-state index is 11.8. The molecule has 0 saturated heterocycles. The topological polar surface area (TPSA) is 58.9 Å². The van der Waals surface area contributed by atoms with Crippen LogP contribution < -0.4 is 0 Å². The lowest BCUT2D eigenvalue weighted by atomic mass is 9.76. The average molecular weight is 583 g/mol. The minimum absolute atomic E-state index is 0.158. The second kappa shape index (κ2) is 16.1. The van der Waals surface area contributed by atoms with E-state index in [0.29, 0.717) is 23.3 Å². The summed E-state index contributed by atoms with van der Waals surface area (Å²) >= 11 is 0. The number of rotatable bonds is 16. The lowest BCUT2D eigenvalue weighted by Gasteiger charge is -2.29. The molecule has 42 heavy (non-hydrogen) atoms. The molecule has 0 unspecified atom stereocenters. The highest BCUT2D eigenvalue weighted by Gasteiger charge is 2.30. The van der Waals surface area contributed by atoms with Crippen molar-refractivity contribution in [2.75, 3.05) is 26.4 Å². The van der Waals surface area contributed by atoms with Crippen molar-refractivity contribution in [2.45, 2.75) is 131 Å². The van der Waals surface area contributed by atoms with Crippen LogP contribution in [0.4, 0.5) is 0 Å². The third-order valence-corrected chi connectivity index (χ3v) is 7.97. The highest BCUT2D eigenvalue weighted by Crippen LogP contribution is 2.46. The van der Waals surface area contributed by atoms with Gasteiger partial charge in [-0.05, 0) is 83.4 Å². The lowest BCUT2D eigenvalue weighted by molar-refractivity contribution is 0.107. The van der Waals surface area contributed by atoms with Crippen LogP contribution in [0.1, 0.15) is 141 Å². The van der Waals surface area contributed by atoms with Crippen molar-refractivity contribution in [3.05, 3.63) is 57.6 Å². The largest absolute Gasteiger partial charge is 0.507 e. The molecule has 4 nitrogen and oxygen atoms in total. The zero-order valence-electron chi connectivity index (χ0n) is 28.8. The van der Waals surface area contributed by atoms with Crippen LogP contribution in [0.3, 0.4) is 0 Å². The first-order chi connectivity index (χ1) is 19.6. The number of hydrogen-bond acceptors (Lipinski definition) is 4. The van der Waals surface area contributed by atoms with Gasteiger partial charge in [0.05, 0.1) is 0 Å². The van der Waals surface area contributed by atoms with Gasteiger partial charge in [0.15, 0.2) is 0 Å². The van der Waals surface area contributed by atoms with Crippen molar-refractivity contribution in [1.82, 2.24) is 0 Å². The lowest BCUT2D eigenvalue weighted by Crippen LogP contribution is -2.16. The van der Waals surface area contributed by atoms with Crippen molar-refractivity contribution in [3.8, 4) is 11.5 Å². The van der Waals surface area contributed by atoms with Crippen LogP contribution in [0.15, 0.2) is 24.3 Å². The zero-order chi connectivity index (χ0) is 31.7. The third kappa shape index (κ3) is 10.6. The molecule has 0 atom stereocenters. The van der Waals surface area contributed by atoms with Crippen LogP contribution >= 0.6 is 0 Å². The Labute approximate surface area is 258 Å². The molecule has 2 aromatic rings. The Morgan fingerprint density at radius 3 is 1.24 bits per heavy atom. The molecule has 0 amide bonds. The van der Waals surface area contributed by atoms with Gasteiger partial charge in [-0.3, -0.25) is 0 Å². The quantitative estimate of drug-likeness (QED) is 0.193. The highest BCUT2D eigenvalue weighted by molar-refractivity contribution is 5.58. The molecular weight excluding hydrogens is 520 g/mol. The molecule has 0 bridgehead atoms. The van der Waals surface area contributed by atoms with Gasteiger partial charge in [-0.2, -0.15) is 0 Å². The zero-order valence-corrected chi connectivity index (χ0v) is 28.8. The second-order valence-electron chi connectivity index (χ2n) is 15.1. The molecule has 2 aromatic carbocycles. The molecule has 0 aromatic heterocycles. The SMILES string of the molecule is CC(C)COCCCCc1ccc(C(C)(C)C)c(O)c1C(C)c1c(CCCCOCC(C)C)ccc(C(C)(C)C)c1O. The molecule has 0 spiro atoms. The summed E-state index contributed by atoms with van der Waals surface area (Å²) in [5.41, 5.74) is 5.72. The summed E-state index contributed by atoms with van der Waals surface area (Å²) in [6.45, 7) is 26.8. The first-order valence-electron chi connectivity index (χ1n) is 16.4. The molecule has 0 aliphatic heterocycles. The molecule has 2 rings (SSSR count). The monoisotopic (exact) mass is 582 g/mol. The molecule has 4 heteroatoms. The van der Waals surface area contributed by atoms with E-state index >= 15 is 0 Å². The number of hydrogen-bond donors (Lipinski definition) is 2. The van der Waals surface area contributed by atoms with E-state index < -0.39 is 0 Å². The normalized spacial score (nSPS) is 12.7. The molecule has 0 saturated carbocycles. The van der Waals surface area contributed by atoms with Crippen LogP contribution in [0.25, 0.3) is 0 Å². The maximum atomic E-state index is 11.8. The van der Waals surface area contributed by atoms with Crippen molar-refractivity contribution >= 4 is 0 Å². The standard InChI is InChI=1S/C38H62O4/c1-26(2)24-41-22-14-12-16-29-18-20-31(37(6,7)8)35(39)33(29)28(5)34-30(17-13-15-23-42-25-27(3)4)19-21-32(36(34)40)38(9,10)11/h18-21,26-28,39-40H,12-17,22-25H2,1-11H3. The number of unbranched alkanes of at least 4 members (excludes halogenated alkanes) is 2. The summed E-state index contributed by atoms with van der Waals surface area (Å²) in [6, 6.07) is 8.61. The summed E-state index contributed by atoms with van der Waals surface area (Å²) in [5, 5.41) is 23.7. The van der Waals surface area contributed by atoms with E-state index in [9.17, 15) is 10.2 Å². The molecule has 0 heterocycles. The van der Waals surface area contributed by atoms with Gasteiger partial charge in [0.25, 0.3) is 0 Å². The van der Waals surface area contributed by atoms with E-state index in [-0.39, 0.29) is 16.7 Å². The molecule has 0 aliphatic rings. The molecular formula is C38H62O4. The predicted molar refractivity (Wildman–Crippen MR) is 178 cm³/mol. The minimum Gasteiger partial charge on any atom is -0.507 e. The van der Waals surface area contributed by atoms with Crippen molar-refractivity contribution in [3.63, 3.8) is 0 Å². The van der Waals surface area contributed by atoms with Crippen LogP contribution in [0, 0.1) is 11.8 Å². The molecule has 238 valence electrons. The number of ether oxygens (including phenoxy) is 2.